The molecule has 1 saturated carbocycles. The minimum atomic E-state index is -0.307. The number of ketones is 1. The number of esters is 1. The van der Waals surface area contributed by atoms with Crippen LogP contribution in [0.25, 0.3) is 0 Å². The van der Waals surface area contributed by atoms with Gasteiger partial charge in [0, 0.05) is 24.3 Å². The number of hydrogen-bond donors (Lipinski definition) is 1. The summed E-state index contributed by atoms with van der Waals surface area (Å²) in [6.45, 7) is 12.0. The van der Waals surface area contributed by atoms with Crippen molar-refractivity contribution in [3.05, 3.63) is 28.8 Å². The monoisotopic (exact) mass is 358 g/mol. The van der Waals surface area contributed by atoms with Gasteiger partial charge in [-0.3, -0.25) is 9.59 Å². The molecule has 1 aromatic carbocycles. The summed E-state index contributed by atoms with van der Waals surface area (Å²) < 4.78 is 5.59. The Morgan fingerprint density at radius 1 is 1.23 bits per heavy atom. The van der Waals surface area contributed by atoms with Gasteiger partial charge in [0.25, 0.3) is 0 Å². The first kappa shape index (κ1) is 18.9. The van der Waals surface area contributed by atoms with E-state index in [9.17, 15) is 14.7 Å². The molecule has 1 aromatic rings. The van der Waals surface area contributed by atoms with Gasteiger partial charge in [0.05, 0.1) is 0 Å². The Balaban J connectivity index is 2.15. The second-order valence-electron chi connectivity index (χ2n) is 9.34. The van der Waals surface area contributed by atoms with Crippen LogP contribution in [0.4, 0.5) is 0 Å². The van der Waals surface area contributed by atoms with Crippen LogP contribution in [0.5, 0.6) is 5.75 Å². The van der Waals surface area contributed by atoms with Crippen molar-refractivity contribution < 1.29 is 19.4 Å². The Morgan fingerprint density at radius 3 is 2.46 bits per heavy atom. The predicted molar refractivity (Wildman–Crippen MR) is 101 cm³/mol. The lowest BCUT2D eigenvalue weighted by molar-refractivity contribution is -0.154. The van der Waals surface area contributed by atoms with Crippen LogP contribution in [0.2, 0.25) is 0 Å². The zero-order chi connectivity index (χ0) is 19.4. The maximum Gasteiger partial charge on any atom is 0.302 e. The van der Waals surface area contributed by atoms with Gasteiger partial charge in [-0.05, 0) is 53.4 Å². The maximum atomic E-state index is 12.9. The second kappa shape index (κ2) is 6.11. The molecule has 0 unspecified atom stereocenters. The molecule has 142 valence electrons. The lowest BCUT2D eigenvalue weighted by atomic mass is 9.49. The molecule has 2 aliphatic rings. The van der Waals surface area contributed by atoms with E-state index in [1.165, 1.54) is 6.92 Å². The number of ether oxygens (including phenoxy) is 1. The van der Waals surface area contributed by atoms with Crippen molar-refractivity contribution in [2.75, 3.05) is 0 Å². The lowest BCUT2D eigenvalue weighted by Crippen LogP contribution is -2.53. The fraction of sp³-hybridized carbons (Fsp3) is 0.636. The number of carbonyl (C=O) groups excluding carboxylic acids is 2. The van der Waals surface area contributed by atoms with E-state index in [1.54, 1.807) is 6.07 Å². The summed E-state index contributed by atoms with van der Waals surface area (Å²) in [4.78, 5) is 24.5. The van der Waals surface area contributed by atoms with E-state index in [0.29, 0.717) is 12.8 Å². The highest BCUT2D eigenvalue weighted by Gasteiger charge is 2.55. The maximum absolute atomic E-state index is 12.9. The van der Waals surface area contributed by atoms with Crippen molar-refractivity contribution in [2.24, 2.45) is 11.3 Å². The van der Waals surface area contributed by atoms with Crippen LogP contribution in [0.1, 0.15) is 88.2 Å². The highest BCUT2D eigenvalue weighted by atomic mass is 16.5. The number of Topliss-reactive ketones (excluding diaryl/α,β-unsaturated/α-hetero) is 1. The first-order valence-corrected chi connectivity index (χ1v) is 9.53. The van der Waals surface area contributed by atoms with Gasteiger partial charge in [-0.2, -0.15) is 0 Å². The van der Waals surface area contributed by atoms with E-state index < -0.39 is 0 Å². The predicted octanol–water partition coefficient (Wildman–Crippen LogP) is 4.73. The summed E-state index contributed by atoms with van der Waals surface area (Å²) in [5, 5.41) is 10.6. The molecular formula is C22H30O4. The number of carbonyl (C=O) groups is 2. The average Bonchev–Trinajstić information content (AvgIpc) is 2.48. The minimum Gasteiger partial charge on any atom is -0.508 e. The Bertz CT molecular complexity index is 762. The van der Waals surface area contributed by atoms with E-state index in [-0.39, 0.29) is 46.3 Å². The number of rotatable bonds is 2. The molecule has 4 nitrogen and oxygen atoms in total. The van der Waals surface area contributed by atoms with Gasteiger partial charge in [0.2, 0.25) is 0 Å². The number of hydrogen-bond acceptors (Lipinski definition) is 4. The molecule has 3 atom stereocenters. The van der Waals surface area contributed by atoms with Crippen LogP contribution < -0.4 is 0 Å². The number of fused-ring (bicyclic) bond motifs is 3. The largest absolute Gasteiger partial charge is 0.508 e. The van der Waals surface area contributed by atoms with Crippen molar-refractivity contribution in [2.45, 2.75) is 78.2 Å². The first-order chi connectivity index (χ1) is 12.0. The molecule has 0 radical (unpaired) electrons. The van der Waals surface area contributed by atoms with Crippen LogP contribution in [-0.4, -0.2) is 23.0 Å². The summed E-state index contributed by atoms with van der Waals surface area (Å²) in [7, 11) is 0. The van der Waals surface area contributed by atoms with Crippen LogP contribution in [-0.2, 0) is 14.9 Å². The Hall–Kier alpha value is -1.84. The fourth-order valence-corrected chi connectivity index (χ4v) is 5.46. The van der Waals surface area contributed by atoms with Gasteiger partial charge in [-0.25, -0.2) is 0 Å². The average molecular weight is 358 g/mol. The van der Waals surface area contributed by atoms with Gasteiger partial charge >= 0.3 is 5.97 Å². The Morgan fingerprint density at radius 2 is 1.88 bits per heavy atom. The lowest BCUT2D eigenvalue weighted by Gasteiger charge is -2.55. The number of phenols is 1. The van der Waals surface area contributed by atoms with Gasteiger partial charge in [-0.1, -0.05) is 34.6 Å². The zero-order valence-electron chi connectivity index (χ0n) is 16.7. The molecule has 26 heavy (non-hydrogen) atoms. The SMILES string of the molecule is CC(=O)O[C@H]1CC(C)(C)[C@@H]2CC(=O)c3cc(C(C)C)c(O)cc3[C@@]2(C)C1. The molecule has 0 heterocycles. The third-order valence-electron chi connectivity index (χ3n) is 6.54. The highest BCUT2D eigenvalue weighted by molar-refractivity contribution is 6.00. The van der Waals surface area contributed by atoms with E-state index >= 15 is 0 Å². The Labute approximate surface area is 155 Å². The van der Waals surface area contributed by atoms with Crippen molar-refractivity contribution in [3.8, 4) is 5.75 Å². The molecule has 0 saturated heterocycles. The molecule has 0 aromatic heterocycles. The molecule has 0 aliphatic heterocycles. The van der Waals surface area contributed by atoms with Crippen molar-refractivity contribution in [1.29, 1.82) is 0 Å². The van der Waals surface area contributed by atoms with E-state index in [0.717, 1.165) is 23.1 Å². The molecule has 3 rings (SSSR count). The minimum absolute atomic E-state index is 0.132. The highest BCUT2D eigenvalue weighted by Crippen LogP contribution is 2.58. The molecule has 1 N–H and O–H groups in total. The smallest absolute Gasteiger partial charge is 0.302 e. The third kappa shape index (κ3) is 2.93. The molecule has 0 bridgehead atoms. The zero-order valence-corrected chi connectivity index (χ0v) is 16.7. The molecule has 0 amide bonds. The normalized spacial score (nSPS) is 29.9. The van der Waals surface area contributed by atoms with Gasteiger partial charge in [0.15, 0.2) is 5.78 Å². The van der Waals surface area contributed by atoms with Crippen LogP contribution >= 0.6 is 0 Å². The standard InChI is InChI=1S/C22H30O4/c1-12(2)15-7-16-17(8-18(15)24)22(6)11-14(26-13(3)23)10-21(4,5)20(22)9-19(16)25/h7-8,12,14,20,24H,9-11H2,1-6H3/t14-,20-,22+/m0/s1. The quantitative estimate of drug-likeness (QED) is 0.777. The second-order valence-corrected chi connectivity index (χ2v) is 9.34. The number of aromatic hydroxyl groups is 1. The van der Waals surface area contributed by atoms with E-state index in [4.69, 9.17) is 4.74 Å². The van der Waals surface area contributed by atoms with Gasteiger partial charge in [0.1, 0.15) is 11.9 Å². The number of benzene rings is 1. The van der Waals surface area contributed by atoms with Crippen LogP contribution in [0.15, 0.2) is 12.1 Å². The topological polar surface area (TPSA) is 63.6 Å². The van der Waals surface area contributed by atoms with E-state index in [2.05, 4.69) is 20.8 Å². The van der Waals surface area contributed by atoms with Crippen molar-refractivity contribution in [3.63, 3.8) is 0 Å². The Kier molecular flexibility index (Phi) is 4.45. The first-order valence-electron chi connectivity index (χ1n) is 9.53. The summed E-state index contributed by atoms with van der Waals surface area (Å²) >= 11 is 0. The number of phenolic OH excluding ortho intramolecular Hbond substituents is 1. The summed E-state index contributed by atoms with van der Waals surface area (Å²) in [5.41, 5.74) is 2.01. The van der Waals surface area contributed by atoms with Crippen molar-refractivity contribution >= 4 is 11.8 Å². The van der Waals surface area contributed by atoms with E-state index in [1.807, 2.05) is 19.9 Å². The third-order valence-corrected chi connectivity index (χ3v) is 6.54. The molecule has 4 heteroatoms. The summed E-state index contributed by atoms with van der Waals surface area (Å²) in [6, 6.07) is 3.67. The van der Waals surface area contributed by atoms with Crippen molar-refractivity contribution in [1.82, 2.24) is 0 Å². The van der Waals surface area contributed by atoms with Gasteiger partial charge < -0.3 is 9.84 Å². The fourth-order valence-electron chi connectivity index (χ4n) is 5.46. The van der Waals surface area contributed by atoms with Crippen LogP contribution in [0, 0.1) is 11.3 Å². The molecular weight excluding hydrogens is 328 g/mol. The molecule has 0 spiro atoms. The summed E-state index contributed by atoms with van der Waals surface area (Å²) in [5.74, 6) is 0.448. The molecule has 1 fully saturated rings. The van der Waals surface area contributed by atoms with Gasteiger partial charge in [-0.15, -0.1) is 0 Å². The molecule has 2 aliphatic carbocycles. The summed E-state index contributed by atoms with van der Waals surface area (Å²) in [6.07, 6.45) is 1.77. The van der Waals surface area contributed by atoms with Crippen LogP contribution in [0.3, 0.4) is 0 Å².